The van der Waals surface area contributed by atoms with Crippen LogP contribution < -0.4 is 0 Å². The third-order valence-electron chi connectivity index (χ3n) is 1.93. The van der Waals surface area contributed by atoms with Crippen LogP contribution in [0.4, 0.5) is 0 Å². The molecule has 0 aromatic carbocycles. The second-order valence-electron chi connectivity index (χ2n) is 3.34. The highest BCUT2D eigenvalue weighted by molar-refractivity contribution is 5.37. The van der Waals surface area contributed by atoms with Crippen LogP contribution in [0.25, 0.3) is 0 Å². The van der Waals surface area contributed by atoms with E-state index in [1.54, 1.807) is 0 Å². The summed E-state index contributed by atoms with van der Waals surface area (Å²) in [5.74, 6) is 0. The molecule has 0 aromatic rings. The van der Waals surface area contributed by atoms with E-state index in [1.165, 1.54) is 11.1 Å². The van der Waals surface area contributed by atoms with Crippen LogP contribution in [0.5, 0.6) is 0 Å². The molecule has 12 heavy (non-hydrogen) atoms. The van der Waals surface area contributed by atoms with Crippen molar-refractivity contribution in [2.24, 2.45) is 0 Å². The standard InChI is InChI=1S/C10H16N2/c1-8-6-9(2)10(3)12(7-8)11(4)5/h6-7H,3H2,1-2,4-5H3. The van der Waals surface area contributed by atoms with Crippen molar-refractivity contribution in [3.63, 3.8) is 0 Å². The van der Waals surface area contributed by atoms with Gasteiger partial charge in [-0.15, -0.1) is 0 Å². The minimum absolute atomic E-state index is 1.05. The van der Waals surface area contributed by atoms with Gasteiger partial charge >= 0.3 is 0 Å². The van der Waals surface area contributed by atoms with Crippen molar-refractivity contribution in [3.8, 4) is 0 Å². The third kappa shape index (κ3) is 1.59. The number of rotatable bonds is 1. The molecule has 0 N–H and O–H groups in total. The maximum atomic E-state index is 4.00. The van der Waals surface area contributed by atoms with Crippen molar-refractivity contribution in [3.05, 3.63) is 35.7 Å². The molecular weight excluding hydrogens is 148 g/mol. The Hall–Kier alpha value is -1.02. The summed E-state index contributed by atoms with van der Waals surface area (Å²) in [7, 11) is 4.01. The van der Waals surface area contributed by atoms with Crippen LogP contribution in [0.3, 0.4) is 0 Å². The molecule has 0 aliphatic carbocycles. The fourth-order valence-electron chi connectivity index (χ4n) is 1.27. The summed E-state index contributed by atoms with van der Waals surface area (Å²) in [4.78, 5) is 0. The van der Waals surface area contributed by atoms with Crippen molar-refractivity contribution >= 4 is 0 Å². The van der Waals surface area contributed by atoms with Crippen molar-refractivity contribution < 1.29 is 0 Å². The smallest absolute Gasteiger partial charge is 0.0530 e. The second-order valence-corrected chi connectivity index (χ2v) is 3.34. The average Bonchev–Trinajstić information content (AvgIpc) is 1.96. The fourth-order valence-corrected chi connectivity index (χ4v) is 1.27. The summed E-state index contributed by atoms with van der Waals surface area (Å²) in [6.45, 7) is 8.17. The summed E-state index contributed by atoms with van der Waals surface area (Å²) in [5, 5.41) is 4.06. The van der Waals surface area contributed by atoms with Crippen molar-refractivity contribution in [1.82, 2.24) is 10.0 Å². The molecule has 0 saturated carbocycles. The molecule has 0 fully saturated rings. The number of allylic oxidation sites excluding steroid dienone is 3. The molecule has 0 unspecified atom stereocenters. The Morgan fingerprint density at radius 2 is 1.92 bits per heavy atom. The lowest BCUT2D eigenvalue weighted by Gasteiger charge is -2.32. The lowest BCUT2D eigenvalue weighted by molar-refractivity contribution is 0.126. The molecule has 1 aliphatic rings. The molecule has 0 bridgehead atoms. The summed E-state index contributed by atoms with van der Waals surface area (Å²) in [6.07, 6.45) is 4.22. The monoisotopic (exact) mass is 164 g/mol. The molecule has 2 heteroatoms. The number of hydrogen-bond acceptors (Lipinski definition) is 2. The number of hydrogen-bond donors (Lipinski definition) is 0. The van der Waals surface area contributed by atoms with Crippen molar-refractivity contribution in [2.75, 3.05) is 14.1 Å². The summed E-state index contributed by atoms with van der Waals surface area (Å²) in [6, 6.07) is 0. The fraction of sp³-hybridized carbons (Fsp3) is 0.400. The van der Waals surface area contributed by atoms with Gasteiger partial charge in [0.1, 0.15) is 0 Å². The minimum atomic E-state index is 1.05. The van der Waals surface area contributed by atoms with Gasteiger partial charge in [0, 0.05) is 20.3 Å². The highest BCUT2D eigenvalue weighted by Gasteiger charge is 2.12. The van der Waals surface area contributed by atoms with Gasteiger partial charge < -0.3 is 0 Å². The van der Waals surface area contributed by atoms with Crippen molar-refractivity contribution in [2.45, 2.75) is 13.8 Å². The Morgan fingerprint density at radius 3 is 2.42 bits per heavy atom. The normalized spacial score (nSPS) is 18.1. The third-order valence-corrected chi connectivity index (χ3v) is 1.93. The topological polar surface area (TPSA) is 6.48 Å². The van der Waals surface area contributed by atoms with E-state index >= 15 is 0 Å². The molecule has 0 atom stereocenters. The first-order valence-electron chi connectivity index (χ1n) is 4.05. The van der Waals surface area contributed by atoms with E-state index in [1.807, 2.05) is 24.1 Å². The predicted octanol–water partition coefficient (Wildman–Crippen LogP) is 2.14. The molecule has 0 amide bonds. The van der Waals surface area contributed by atoms with Gasteiger partial charge in [0.15, 0.2) is 0 Å². The van der Waals surface area contributed by atoms with Gasteiger partial charge in [-0.05, 0) is 25.0 Å². The van der Waals surface area contributed by atoms with Crippen LogP contribution in [-0.2, 0) is 0 Å². The quantitative estimate of drug-likeness (QED) is 0.586. The molecular formula is C10H16N2. The predicted molar refractivity (Wildman–Crippen MR) is 52.2 cm³/mol. The van der Waals surface area contributed by atoms with Crippen molar-refractivity contribution in [1.29, 1.82) is 0 Å². The summed E-state index contributed by atoms with van der Waals surface area (Å²) >= 11 is 0. The molecule has 2 nitrogen and oxygen atoms in total. The van der Waals surface area contributed by atoms with Crippen LogP contribution >= 0.6 is 0 Å². The highest BCUT2D eigenvalue weighted by Crippen LogP contribution is 2.22. The van der Waals surface area contributed by atoms with E-state index in [4.69, 9.17) is 0 Å². The minimum Gasteiger partial charge on any atom is -0.282 e. The molecule has 0 radical (unpaired) electrons. The van der Waals surface area contributed by atoms with E-state index in [0.29, 0.717) is 0 Å². The molecule has 0 saturated heterocycles. The maximum absolute atomic E-state index is 4.00. The van der Waals surface area contributed by atoms with E-state index in [-0.39, 0.29) is 0 Å². The Labute approximate surface area is 74.4 Å². The lowest BCUT2D eigenvalue weighted by Crippen LogP contribution is -2.33. The first-order chi connectivity index (χ1) is 5.52. The van der Waals surface area contributed by atoms with Crippen LogP contribution in [-0.4, -0.2) is 24.1 Å². The van der Waals surface area contributed by atoms with Gasteiger partial charge in [0.05, 0.1) is 5.70 Å². The van der Waals surface area contributed by atoms with Gasteiger partial charge in [0.2, 0.25) is 0 Å². The van der Waals surface area contributed by atoms with Crippen LogP contribution in [0, 0.1) is 0 Å². The second kappa shape index (κ2) is 3.15. The zero-order valence-corrected chi connectivity index (χ0v) is 8.26. The first-order valence-corrected chi connectivity index (χ1v) is 4.05. The molecule has 0 spiro atoms. The molecule has 1 rings (SSSR count). The Balaban J connectivity index is 2.94. The van der Waals surface area contributed by atoms with E-state index < -0.39 is 0 Å². The van der Waals surface area contributed by atoms with Gasteiger partial charge in [-0.2, -0.15) is 0 Å². The van der Waals surface area contributed by atoms with E-state index in [9.17, 15) is 0 Å². The average molecular weight is 164 g/mol. The Bertz CT molecular complexity index is 259. The SMILES string of the molecule is C=C1C(C)=CC(C)=CN1N(C)C. The first kappa shape index (κ1) is 9.07. The maximum Gasteiger partial charge on any atom is 0.0530 e. The Morgan fingerprint density at radius 1 is 1.33 bits per heavy atom. The van der Waals surface area contributed by atoms with E-state index in [2.05, 4.69) is 32.7 Å². The molecule has 1 aliphatic heterocycles. The summed E-state index contributed by atoms with van der Waals surface area (Å²) in [5.41, 5.74) is 3.53. The largest absolute Gasteiger partial charge is 0.282 e. The lowest BCUT2D eigenvalue weighted by atomic mass is 10.1. The number of hydrazine groups is 1. The molecule has 1 heterocycles. The zero-order valence-electron chi connectivity index (χ0n) is 8.26. The van der Waals surface area contributed by atoms with Gasteiger partial charge in [-0.3, -0.25) is 5.01 Å². The molecule has 0 aromatic heterocycles. The highest BCUT2D eigenvalue weighted by atomic mass is 15.6. The molecule has 66 valence electrons. The van der Waals surface area contributed by atoms with E-state index in [0.717, 1.165) is 5.70 Å². The Kier molecular flexibility index (Phi) is 2.38. The van der Waals surface area contributed by atoms with Gasteiger partial charge in [-0.25, -0.2) is 5.01 Å². The van der Waals surface area contributed by atoms with Crippen LogP contribution in [0.15, 0.2) is 35.7 Å². The van der Waals surface area contributed by atoms with Crippen LogP contribution in [0.1, 0.15) is 13.8 Å². The zero-order chi connectivity index (χ0) is 9.30. The van der Waals surface area contributed by atoms with Gasteiger partial charge in [-0.1, -0.05) is 12.7 Å². The summed E-state index contributed by atoms with van der Waals surface area (Å²) < 4.78 is 0. The van der Waals surface area contributed by atoms with Crippen LogP contribution in [0.2, 0.25) is 0 Å². The van der Waals surface area contributed by atoms with Gasteiger partial charge in [0.25, 0.3) is 0 Å². The number of nitrogens with zero attached hydrogens (tertiary/aromatic N) is 2.